The predicted octanol–water partition coefficient (Wildman–Crippen LogP) is 11.9. The Morgan fingerprint density at radius 3 is 1.33 bits per heavy atom. The van der Waals surface area contributed by atoms with Gasteiger partial charge in [0.25, 0.3) is 5.69 Å². The van der Waals surface area contributed by atoms with Crippen LogP contribution in [0.2, 0.25) is 0 Å². The molecule has 0 spiro atoms. The summed E-state index contributed by atoms with van der Waals surface area (Å²) in [6.07, 6.45) is 5.18. The summed E-state index contributed by atoms with van der Waals surface area (Å²) in [7, 11) is 0. The number of rotatable bonds is 16. The highest BCUT2D eigenvalue weighted by atomic mass is 16.6. The summed E-state index contributed by atoms with van der Waals surface area (Å²) < 4.78 is 13.3. The Morgan fingerprint density at radius 2 is 1.03 bits per heavy atom. The first-order valence-corrected chi connectivity index (χ1v) is 20.7. The minimum Gasteiger partial charge on any atom is -0.502 e. The van der Waals surface area contributed by atoms with Crippen molar-refractivity contribution in [1.82, 2.24) is 0 Å². The van der Waals surface area contributed by atoms with E-state index in [2.05, 4.69) is 96.9 Å². The van der Waals surface area contributed by atoms with Crippen LogP contribution in [0, 0.1) is 20.2 Å². The zero-order chi connectivity index (χ0) is 44.2. The molecule has 0 saturated carbocycles. The third kappa shape index (κ3) is 10.8. The maximum absolute atomic E-state index is 13.9. The summed E-state index contributed by atoms with van der Waals surface area (Å²) in [5.74, 6) is 0.820. The highest BCUT2D eigenvalue weighted by molar-refractivity contribution is 5.87. The van der Waals surface area contributed by atoms with E-state index in [4.69, 9.17) is 14.5 Å². The first-order chi connectivity index (χ1) is 26.6. The van der Waals surface area contributed by atoms with Crippen LogP contribution in [0.25, 0.3) is 0 Å². The lowest BCUT2D eigenvalue weighted by atomic mass is 9.70. The van der Waals surface area contributed by atoms with E-state index in [1.54, 1.807) is 0 Å². The predicted molar refractivity (Wildman–Crippen MR) is 235 cm³/mol. The largest absolute Gasteiger partial charge is 0.502 e. The van der Waals surface area contributed by atoms with Gasteiger partial charge in [0, 0.05) is 40.1 Å². The maximum Gasteiger partial charge on any atom is 0.318 e. The second-order valence-corrected chi connectivity index (χ2v) is 19.6. The quantitative estimate of drug-likeness (QED) is 0.0627. The fourth-order valence-corrected chi connectivity index (χ4v) is 7.07. The summed E-state index contributed by atoms with van der Waals surface area (Å²) >= 11 is 0. The van der Waals surface area contributed by atoms with E-state index in [1.807, 2.05) is 31.2 Å². The number of phenolic OH excluding ortho intramolecular Hbond substituents is 1. The molecule has 1 unspecified atom stereocenters. The molecule has 0 aliphatic rings. The minimum atomic E-state index is -1.85. The number of unbranched alkanes of at least 4 members (excludes halogenated alkanes) is 2. The third-order valence-corrected chi connectivity index (χ3v) is 10.6. The molecule has 0 fully saturated rings. The zero-order valence-corrected chi connectivity index (χ0v) is 37.8. The summed E-state index contributed by atoms with van der Waals surface area (Å²) in [5.41, 5.74) is -0.287. The number of aliphatic imine (C=N–C) groups is 1. The van der Waals surface area contributed by atoms with E-state index in [-0.39, 0.29) is 12.0 Å². The molecular weight excluding hydrogens is 735 g/mol. The minimum absolute atomic E-state index is 0.211. The van der Waals surface area contributed by atoms with Gasteiger partial charge in [0.2, 0.25) is 5.75 Å². The molecule has 0 saturated heterocycles. The Kier molecular flexibility index (Phi) is 15.0. The molecule has 3 aromatic rings. The lowest BCUT2D eigenvalue weighted by molar-refractivity contribution is -0.394. The van der Waals surface area contributed by atoms with Gasteiger partial charge >= 0.3 is 5.69 Å². The van der Waals surface area contributed by atoms with Crippen LogP contribution in [0.4, 0.5) is 11.4 Å². The molecule has 0 radical (unpaired) electrons. The molecule has 3 rings (SSSR count). The zero-order valence-electron chi connectivity index (χ0n) is 37.8. The fourth-order valence-electron chi connectivity index (χ4n) is 7.07. The van der Waals surface area contributed by atoms with Crippen molar-refractivity contribution < 1.29 is 29.5 Å². The van der Waals surface area contributed by atoms with Gasteiger partial charge in [-0.2, -0.15) is 0 Å². The molecular formula is C47H69N3O8. The number of non-ortho nitro benzene ring substituents is 1. The number of hydrogen-bond donors (Lipinski definition) is 2. The summed E-state index contributed by atoms with van der Waals surface area (Å²) in [6.45, 7) is 32.7. The van der Waals surface area contributed by atoms with E-state index in [9.17, 15) is 30.4 Å². The number of aromatic hydroxyl groups is 1. The highest BCUT2D eigenvalue weighted by Gasteiger charge is 2.44. The van der Waals surface area contributed by atoms with Crippen LogP contribution in [-0.2, 0) is 27.3 Å². The lowest BCUT2D eigenvalue weighted by Crippen LogP contribution is -2.41. The number of benzene rings is 3. The fraction of sp³-hybridized carbons (Fsp3) is 0.596. The highest BCUT2D eigenvalue weighted by Crippen LogP contribution is 2.49. The number of ether oxygens (including phenoxy) is 2. The summed E-state index contributed by atoms with van der Waals surface area (Å²) in [6, 6.07) is 8.89. The van der Waals surface area contributed by atoms with Crippen molar-refractivity contribution in [3.63, 3.8) is 0 Å². The van der Waals surface area contributed by atoms with Crippen LogP contribution in [0.15, 0.2) is 41.4 Å². The van der Waals surface area contributed by atoms with Crippen LogP contribution < -0.4 is 9.47 Å². The Bertz CT molecular complexity index is 1810. The standard InChI is InChI=1S/C47H69N3O8/c1-16-19-21-57-41-34(43(4,5)6)24-31(25-35(41)44(7,8)9)47(52,39(18-3)48-29-30-23-33(49(53)54)28-38(40(30)51)50(55)56)32-26-36(45(10,11)12)42(58-22-20-17-2)37(27-32)46(13,14)15/h23-29,39,51-52H,16-22H2,1-15H3. The van der Waals surface area contributed by atoms with Crippen molar-refractivity contribution >= 4 is 17.6 Å². The molecule has 3 aromatic carbocycles. The van der Waals surface area contributed by atoms with Gasteiger partial charge in [0.05, 0.1) is 35.2 Å². The Labute approximate surface area is 346 Å². The van der Waals surface area contributed by atoms with Crippen LogP contribution in [0.3, 0.4) is 0 Å². The average molecular weight is 804 g/mol. The number of aliphatic hydroxyl groups is 1. The van der Waals surface area contributed by atoms with Crippen molar-refractivity contribution in [3.05, 3.63) is 95.6 Å². The molecule has 2 N–H and O–H groups in total. The number of nitro benzene ring substituents is 2. The average Bonchev–Trinajstić information content (AvgIpc) is 3.10. The van der Waals surface area contributed by atoms with Crippen LogP contribution in [0.5, 0.6) is 17.2 Å². The van der Waals surface area contributed by atoms with Crippen molar-refractivity contribution in [2.75, 3.05) is 13.2 Å². The van der Waals surface area contributed by atoms with Gasteiger partial charge in [0.15, 0.2) is 0 Å². The van der Waals surface area contributed by atoms with Gasteiger partial charge in [-0.15, -0.1) is 0 Å². The molecule has 0 bridgehead atoms. The number of phenols is 1. The summed E-state index contributed by atoms with van der Waals surface area (Å²) in [5, 5.41) is 48.6. The molecule has 58 heavy (non-hydrogen) atoms. The Hall–Kier alpha value is -4.51. The Balaban J connectivity index is 2.66. The van der Waals surface area contributed by atoms with Crippen LogP contribution in [-0.4, -0.2) is 45.5 Å². The van der Waals surface area contributed by atoms with E-state index in [0.29, 0.717) is 24.3 Å². The third-order valence-electron chi connectivity index (χ3n) is 10.6. The lowest BCUT2D eigenvalue weighted by Gasteiger charge is -2.40. The summed E-state index contributed by atoms with van der Waals surface area (Å²) in [4.78, 5) is 27.0. The monoisotopic (exact) mass is 804 g/mol. The normalized spacial score (nSPS) is 13.5. The van der Waals surface area contributed by atoms with Gasteiger partial charge < -0.3 is 19.7 Å². The topological polar surface area (TPSA) is 158 Å². The van der Waals surface area contributed by atoms with Crippen molar-refractivity contribution in [1.29, 1.82) is 0 Å². The SMILES string of the molecule is CCCCOc1c(C(C)(C)C)cc(C(O)(c2cc(C(C)(C)C)c(OCCCC)c(C(C)(C)C)c2)C(CC)N=Cc2cc([N+](=O)[O-])cc([N+](=O)[O-])c2O)cc1C(C)(C)C. The molecule has 0 aromatic heterocycles. The first-order valence-electron chi connectivity index (χ1n) is 20.7. The van der Waals surface area contributed by atoms with Gasteiger partial charge in [-0.25, -0.2) is 0 Å². The van der Waals surface area contributed by atoms with Crippen molar-refractivity contribution in [2.24, 2.45) is 4.99 Å². The maximum atomic E-state index is 13.9. The number of nitrogens with zero attached hydrogens (tertiary/aromatic N) is 3. The first kappa shape index (κ1) is 47.9. The second kappa shape index (κ2) is 18.2. The van der Waals surface area contributed by atoms with Crippen LogP contribution >= 0.6 is 0 Å². The molecule has 11 nitrogen and oxygen atoms in total. The number of nitro groups is 2. The van der Waals surface area contributed by atoms with E-state index >= 15 is 0 Å². The van der Waals surface area contributed by atoms with Gasteiger partial charge in [-0.3, -0.25) is 25.2 Å². The molecule has 0 aliphatic heterocycles. The second-order valence-electron chi connectivity index (χ2n) is 19.6. The molecule has 11 heteroatoms. The molecule has 320 valence electrons. The van der Waals surface area contributed by atoms with Crippen LogP contribution in [0.1, 0.15) is 175 Å². The number of hydrogen-bond acceptors (Lipinski definition) is 9. The molecule has 0 amide bonds. The van der Waals surface area contributed by atoms with Crippen molar-refractivity contribution in [2.45, 2.75) is 169 Å². The van der Waals surface area contributed by atoms with Gasteiger partial charge in [-0.05, 0) is 76.3 Å². The van der Waals surface area contributed by atoms with E-state index < -0.39 is 60.3 Å². The smallest absolute Gasteiger partial charge is 0.318 e. The molecule has 1 atom stereocenters. The van der Waals surface area contributed by atoms with E-state index in [0.717, 1.165) is 71.6 Å². The van der Waals surface area contributed by atoms with Gasteiger partial charge in [-0.1, -0.05) is 117 Å². The molecule has 0 aliphatic carbocycles. The Morgan fingerprint density at radius 1 is 0.655 bits per heavy atom. The van der Waals surface area contributed by atoms with E-state index in [1.165, 1.54) is 6.21 Å². The molecule has 0 heterocycles. The van der Waals surface area contributed by atoms with Gasteiger partial charge in [0.1, 0.15) is 17.1 Å². The van der Waals surface area contributed by atoms with Crippen molar-refractivity contribution in [3.8, 4) is 17.2 Å².